The molecule has 0 radical (unpaired) electrons. The lowest BCUT2D eigenvalue weighted by Gasteiger charge is -2.28. The molecule has 1 aliphatic heterocycles. The van der Waals surface area contributed by atoms with Crippen molar-refractivity contribution >= 4 is 66.1 Å². The summed E-state index contributed by atoms with van der Waals surface area (Å²) in [5.74, 6) is -7.55. The van der Waals surface area contributed by atoms with Gasteiger partial charge in [0.1, 0.15) is 11.8 Å². The molecule has 22 nitrogen and oxygen atoms in total. The Morgan fingerprint density at radius 1 is 0.940 bits per heavy atom. The number of ketones is 1. The highest BCUT2D eigenvalue weighted by atomic mass is 31.2. The van der Waals surface area contributed by atoms with Gasteiger partial charge in [-0.2, -0.15) is 4.98 Å². The SMILES string of the molecule is C=C[C@@H]1C(C(=O)Nc2nc(=O)c3nc(CNc4ccc(C(=O)N[C@H](CCC(=O)O)C(=O)O)cc4)cnc3[nH]2)C(C(=O)NCCCCOP(=O)(OCC)OCC)[C@H](C(C)=O)N1Cc1ccccc1. The summed E-state index contributed by atoms with van der Waals surface area (Å²) in [5.41, 5.74) is 0.852. The van der Waals surface area contributed by atoms with E-state index in [4.69, 9.17) is 18.7 Å². The molecule has 7 N–H and O–H groups in total. The number of nitrogens with zero attached hydrogens (tertiary/aromatic N) is 4. The fourth-order valence-electron chi connectivity index (χ4n) is 7.56. The van der Waals surface area contributed by atoms with Crippen LogP contribution in [0.1, 0.15) is 68.1 Å². The number of unbranched alkanes of at least 4 members (excludes halogenated alkanes) is 1. The lowest BCUT2D eigenvalue weighted by Crippen LogP contribution is -2.46. The number of aromatic amines is 1. The second-order valence-electron chi connectivity index (χ2n) is 15.3. The van der Waals surface area contributed by atoms with Crippen LogP contribution in [0.15, 0.2) is 78.2 Å². The molecule has 4 aromatic rings. The van der Waals surface area contributed by atoms with E-state index >= 15 is 0 Å². The van der Waals surface area contributed by atoms with Crippen LogP contribution in [0.5, 0.6) is 0 Å². The zero-order chi connectivity index (χ0) is 48.7. The van der Waals surface area contributed by atoms with E-state index in [2.05, 4.69) is 47.8 Å². The van der Waals surface area contributed by atoms with Crippen molar-refractivity contribution < 1.29 is 57.1 Å². The minimum Gasteiger partial charge on any atom is -0.481 e. The molecule has 2 aromatic heterocycles. The van der Waals surface area contributed by atoms with Crippen molar-refractivity contribution in [2.24, 2.45) is 11.8 Å². The van der Waals surface area contributed by atoms with Crippen molar-refractivity contribution in [2.75, 3.05) is 37.0 Å². The maximum Gasteiger partial charge on any atom is 0.474 e. The van der Waals surface area contributed by atoms with Gasteiger partial charge < -0.3 is 31.1 Å². The minimum atomic E-state index is -3.72. The molecule has 5 rings (SSSR count). The zero-order valence-corrected chi connectivity index (χ0v) is 38.0. The van der Waals surface area contributed by atoms with Crippen molar-refractivity contribution in [3.05, 3.63) is 101 Å². The number of hydrogen-bond donors (Lipinski definition) is 7. The van der Waals surface area contributed by atoms with E-state index in [-0.39, 0.29) is 74.3 Å². The van der Waals surface area contributed by atoms with Crippen LogP contribution < -0.4 is 26.8 Å². The Morgan fingerprint density at radius 3 is 2.27 bits per heavy atom. The summed E-state index contributed by atoms with van der Waals surface area (Å²) in [5, 5.41) is 29.1. The summed E-state index contributed by atoms with van der Waals surface area (Å²) >= 11 is 0. The number of fused-ring (bicyclic) bond motifs is 1. The summed E-state index contributed by atoms with van der Waals surface area (Å²) in [6.45, 7) is 9.35. The Labute approximate surface area is 384 Å². The average molecular weight is 948 g/mol. The molecule has 0 saturated carbocycles. The largest absolute Gasteiger partial charge is 0.481 e. The molecule has 3 amide bonds. The number of rotatable bonds is 26. The minimum absolute atomic E-state index is 0.00594. The number of nitrogens with one attached hydrogen (secondary N) is 5. The van der Waals surface area contributed by atoms with Crippen molar-refractivity contribution in [2.45, 2.75) is 77.7 Å². The number of amides is 3. The van der Waals surface area contributed by atoms with Crippen LogP contribution in [-0.4, -0.2) is 115 Å². The Bertz CT molecular complexity index is 2520. The van der Waals surface area contributed by atoms with Gasteiger partial charge in [0.15, 0.2) is 11.2 Å². The quantitative estimate of drug-likeness (QED) is 0.0268. The van der Waals surface area contributed by atoms with Gasteiger partial charge in [-0.1, -0.05) is 36.4 Å². The summed E-state index contributed by atoms with van der Waals surface area (Å²) in [4.78, 5) is 108. The van der Waals surface area contributed by atoms with Crippen LogP contribution in [0.2, 0.25) is 0 Å². The van der Waals surface area contributed by atoms with Gasteiger partial charge in [0.25, 0.3) is 5.91 Å². The van der Waals surface area contributed by atoms with Crippen molar-refractivity contribution in [3.63, 3.8) is 0 Å². The highest BCUT2D eigenvalue weighted by Gasteiger charge is 2.55. The summed E-state index contributed by atoms with van der Waals surface area (Å²) in [6.07, 6.45) is 2.94. The number of anilines is 2. The number of phosphoric acid groups is 1. The number of Topliss-reactive ketones (excluding diaryl/α,β-unsaturated/α-hetero) is 1. The van der Waals surface area contributed by atoms with E-state index in [1.165, 1.54) is 31.3 Å². The predicted molar refractivity (Wildman–Crippen MR) is 243 cm³/mol. The van der Waals surface area contributed by atoms with Crippen LogP contribution in [0.4, 0.5) is 11.6 Å². The monoisotopic (exact) mass is 947 g/mol. The molecule has 2 unspecified atom stereocenters. The highest BCUT2D eigenvalue weighted by molar-refractivity contribution is 7.48. The number of aromatic nitrogens is 4. The summed E-state index contributed by atoms with van der Waals surface area (Å²) in [6, 6.07) is 12.0. The molecule has 0 aliphatic carbocycles. The maximum atomic E-state index is 14.4. The fourth-order valence-corrected chi connectivity index (χ4v) is 8.77. The Hall–Kier alpha value is -6.71. The first-order valence-corrected chi connectivity index (χ1v) is 22.9. The summed E-state index contributed by atoms with van der Waals surface area (Å²) < 4.78 is 28.3. The average Bonchev–Trinajstić information content (AvgIpc) is 3.63. The number of hydrogen-bond acceptors (Lipinski definition) is 16. The third kappa shape index (κ3) is 13.9. The number of carbonyl (C=O) groups is 6. The molecule has 2 aromatic carbocycles. The zero-order valence-electron chi connectivity index (χ0n) is 37.1. The standard InChI is InChI=1S/C44H54N9O13P/c1-5-32-34(35(37(26(4)54)53(32)25-27-13-9-8-10-14-27)40(58)45-21-11-12-22-66-67(63,64-6-2)65-7-3)41(59)51-44-50-38-36(42(60)52-44)48-30(24-47-38)23-46-29-17-15-28(16-18-29)39(57)49-31(43(61)62)19-20-33(55)56/h5,8-10,13-18,24,31-32,34-35,37,46H,1,6-7,11-12,19-23,25H2,2-4H3,(H,45,58)(H,49,57)(H,55,56)(H,61,62)(H2,47,50,51,52,59,60)/t31-,32-,34?,35?,37+/m1/s1. The second kappa shape index (κ2) is 24.2. The third-order valence-corrected chi connectivity index (χ3v) is 12.2. The number of carboxylic acids is 2. The number of benzene rings is 2. The van der Waals surface area contributed by atoms with E-state index < -0.39 is 79.4 Å². The molecular weight excluding hydrogens is 894 g/mol. The van der Waals surface area contributed by atoms with Gasteiger partial charge in [-0.15, -0.1) is 6.58 Å². The molecule has 1 aliphatic rings. The molecule has 23 heteroatoms. The maximum absolute atomic E-state index is 14.4. The smallest absolute Gasteiger partial charge is 0.474 e. The van der Waals surface area contributed by atoms with E-state index in [1.807, 2.05) is 30.3 Å². The number of likely N-dealkylation sites (tertiary alicyclic amines) is 1. The highest BCUT2D eigenvalue weighted by Crippen LogP contribution is 2.49. The molecule has 0 spiro atoms. The molecule has 1 saturated heterocycles. The summed E-state index contributed by atoms with van der Waals surface area (Å²) in [7, 11) is -3.72. The Kier molecular flexibility index (Phi) is 18.5. The Morgan fingerprint density at radius 2 is 1.64 bits per heavy atom. The van der Waals surface area contributed by atoms with Gasteiger partial charge in [-0.05, 0) is 69.9 Å². The van der Waals surface area contributed by atoms with Gasteiger partial charge in [0.05, 0.1) is 56.1 Å². The van der Waals surface area contributed by atoms with Crippen molar-refractivity contribution in [3.8, 4) is 0 Å². The number of carboxylic acid groups (broad SMARTS) is 2. The van der Waals surface area contributed by atoms with E-state index in [9.17, 15) is 43.2 Å². The van der Waals surface area contributed by atoms with Gasteiger partial charge in [-0.3, -0.25) is 52.6 Å². The van der Waals surface area contributed by atoms with Crippen LogP contribution in [0.3, 0.4) is 0 Å². The number of aliphatic carboxylic acids is 2. The predicted octanol–water partition coefficient (Wildman–Crippen LogP) is 3.67. The molecular formula is C44H54N9O13P. The lowest BCUT2D eigenvalue weighted by atomic mass is 9.84. The first-order chi connectivity index (χ1) is 32.1. The molecule has 0 bridgehead atoms. The van der Waals surface area contributed by atoms with Gasteiger partial charge in [0.2, 0.25) is 17.8 Å². The first-order valence-electron chi connectivity index (χ1n) is 21.5. The molecule has 3 heterocycles. The normalized spacial score (nSPS) is 17.6. The Balaban J connectivity index is 1.28. The van der Waals surface area contributed by atoms with E-state index in [1.54, 1.807) is 30.9 Å². The lowest BCUT2D eigenvalue weighted by molar-refractivity contribution is -0.140. The first kappa shape index (κ1) is 51.3. The molecule has 358 valence electrons. The number of H-pyrrole nitrogens is 1. The van der Waals surface area contributed by atoms with E-state index in [0.717, 1.165) is 5.56 Å². The van der Waals surface area contributed by atoms with Crippen molar-refractivity contribution in [1.82, 2.24) is 35.5 Å². The van der Waals surface area contributed by atoms with Gasteiger partial charge in [0, 0.05) is 36.8 Å². The molecule has 1 fully saturated rings. The number of phosphoric ester groups is 1. The van der Waals surface area contributed by atoms with E-state index in [0.29, 0.717) is 24.2 Å². The van der Waals surface area contributed by atoms with Gasteiger partial charge in [-0.25, -0.2) is 19.3 Å². The van der Waals surface area contributed by atoms with Crippen LogP contribution in [0.25, 0.3) is 11.2 Å². The number of carbonyl (C=O) groups excluding carboxylic acids is 4. The van der Waals surface area contributed by atoms with Crippen LogP contribution >= 0.6 is 7.82 Å². The van der Waals surface area contributed by atoms with Crippen molar-refractivity contribution in [1.29, 1.82) is 0 Å². The molecule has 5 atom stereocenters. The van der Waals surface area contributed by atoms with Crippen LogP contribution in [-0.2, 0) is 55.2 Å². The van der Waals surface area contributed by atoms with Gasteiger partial charge >= 0.3 is 25.3 Å². The van der Waals surface area contributed by atoms with Crippen LogP contribution in [0, 0.1) is 11.8 Å². The molecule has 67 heavy (non-hydrogen) atoms. The second-order valence-corrected chi connectivity index (χ2v) is 16.9. The third-order valence-electron chi connectivity index (χ3n) is 10.6. The fraction of sp³-hybridized carbons (Fsp3) is 0.409. The topological polar surface area (TPSA) is 311 Å².